The van der Waals surface area contributed by atoms with E-state index in [2.05, 4.69) is 29.7 Å². The van der Waals surface area contributed by atoms with Crippen molar-refractivity contribution in [3.63, 3.8) is 0 Å². The summed E-state index contributed by atoms with van der Waals surface area (Å²) in [6, 6.07) is 10.3. The van der Waals surface area contributed by atoms with Crippen molar-refractivity contribution < 1.29 is 14.3 Å². The number of amides is 2. The van der Waals surface area contributed by atoms with Gasteiger partial charge < -0.3 is 15.4 Å². The molecular weight excluding hydrogens is 304 g/mol. The molecule has 0 aliphatic carbocycles. The lowest BCUT2D eigenvalue weighted by atomic mass is 9.97. The zero-order valence-electron chi connectivity index (χ0n) is 14.3. The monoisotopic (exact) mass is 330 g/mol. The molecule has 5 nitrogen and oxygen atoms in total. The molecule has 2 N–H and O–H groups in total. The first-order valence-corrected chi connectivity index (χ1v) is 8.53. The Morgan fingerprint density at radius 3 is 2.71 bits per heavy atom. The number of ether oxygens (including phenoxy) is 1. The van der Waals surface area contributed by atoms with Gasteiger partial charge in [0.25, 0.3) is 0 Å². The smallest absolute Gasteiger partial charge is 0.244 e. The average Bonchev–Trinajstić information content (AvgIpc) is 3.38. The second-order valence-corrected chi connectivity index (χ2v) is 6.06. The molecule has 130 valence electrons. The number of carbonyl (C=O) groups is 2. The van der Waals surface area contributed by atoms with E-state index >= 15 is 0 Å². The first kappa shape index (κ1) is 18.2. The van der Waals surface area contributed by atoms with Crippen LogP contribution >= 0.6 is 0 Å². The number of likely N-dealkylation sites (N-methyl/N-ethyl adjacent to an activating group) is 1. The number of rotatable bonds is 9. The van der Waals surface area contributed by atoms with E-state index in [0.717, 1.165) is 12.8 Å². The highest BCUT2D eigenvalue weighted by atomic mass is 16.6. The second-order valence-electron chi connectivity index (χ2n) is 6.06. The number of hydrogen-bond donors (Lipinski definition) is 2. The van der Waals surface area contributed by atoms with E-state index in [-0.39, 0.29) is 30.6 Å². The highest BCUT2D eigenvalue weighted by Gasteiger charge is 2.43. The zero-order valence-corrected chi connectivity index (χ0v) is 14.3. The molecule has 24 heavy (non-hydrogen) atoms. The Hall–Kier alpha value is -2.14. The number of allylic oxidation sites excluding steroid dienone is 1. The molecule has 3 atom stereocenters. The summed E-state index contributed by atoms with van der Waals surface area (Å²) < 4.78 is 5.78. The van der Waals surface area contributed by atoms with E-state index < -0.39 is 0 Å². The zero-order chi connectivity index (χ0) is 17.4. The molecule has 1 aromatic carbocycles. The summed E-state index contributed by atoms with van der Waals surface area (Å²) in [4.78, 5) is 22.8. The van der Waals surface area contributed by atoms with Crippen LogP contribution in [0.3, 0.4) is 0 Å². The molecule has 0 spiro atoms. The number of epoxide rings is 1. The molecule has 1 aliphatic heterocycles. The SMILES string of the molecule is CCNC(=O)CNC(=O)/C=C/CCC(C)C1OC1c1ccccc1. The topological polar surface area (TPSA) is 70.7 Å². The van der Waals surface area contributed by atoms with Gasteiger partial charge in [0.2, 0.25) is 11.8 Å². The third-order valence-electron chi connectivity index (χ3n) is 4.07. The molecule has 3 unspecified atom stereocenters. The summed E-state index contributed by atoms with van der Waals surface area (Å²) in [6.07, 6.45) is 5.61. The van der Waals surface area contributed by atoms with Crippen molar-refractivity contribution in [1.82, 2.24) is 10.6 Å². The Morgan fingerprint density at radius 2 is 2.00 bits per heavy atom. The Bertz CT molecular complexity index is 571. The van der Waals surface area contributed by atoms with Crippen LogP contribution < -0.4 is 10.6 Å². The molecule has 5 heteroatoms. The van der Waals surface area contributed by atoms with Gasteiger partial charge in [0.1, 0.15) is 6.10 Å². The Labute approximate surface area is 143 Å². The first-order chi connectivity index (χ1) is 11.6. The van der Waals surface area contributed by atoms with Crippen molar-refractivity contribution in [3.05, 3.63) is 48.0 Å². The van der Waals surface area contributed by atoms with E-state index in [1.54, 1.807) is 0 Å². The van der Waals surface area contributed by atoms with Gasteiger partial charge in [0.05, 0.1) is 12.6 Å². The van der Waals surface area contributed by atoms with Gasteiger partial charge >= 0.3 is 0 Å². The molecule has 1 aromatic rings. The highest BCUT2D eigenvalue weighted by Crippen LogP contribution is 2.44. The standard InChI is InChI=1S/C19H26N2O3/c1-3-20-17(23)13-21-16(22)12-8-7-9-14(2)18-19(24-18)15-10-5-4-6-11-15/h4-6,8,10-12,14,18-19H,3,7,9,13H2,1-2H3,(H,20,23)(H,21,22)/b12-8+. The molecule has 0 aromatic heterocycles. The van der Waals surface area contributed by atoms with Gasteiger partial charge in [-0.1, -0.05) is 43.3 Å². The summed E-state index contributed by atoms with van der Waals surface area (Å²) in [5, 5.41) is 5.18. The van der Waals surface area contributed by atoms with E-state index in [9.17, 15) is 9.59 Å². The minimum absolute atomic E-state index is 0.0160. The lowest BCUT2D eigenvalue weighted by molar-refractivity contribution is -0.123. The number of carbonyl (C=O) groups excluding carboxylic acids is 2. The fraction of sp³-hybridized carbons (Fsp3) is 0.474. The van der Waals surface area contributed by atoms with Crippen LogP contribution in [0.15, 0.2) is 42.5 Å². The quantitative estimate of drug-likeness (QED) is 0.539. The molecular formula is C19H26N2O3. The normalized spacial score (nSPS) is 20.6. The largest absolute Gasteiger partial charge is 0.364 e. The van der Waals surface area contributed by atoms with Gasteiger partial charge in [0.15, 0.2) is 0 Å². The van der Waals surface area contributed by atoms with Crippen molar-refractivity contribution >= 4 is 11.8 Å². The summed E-state index contributed by atoms with van der Waals surface area (Å²) in [6.45, 7) is 4.60. The lowest BCUT2D eigenvalue weighted by Gasteiger charge is -2.06. The van der Waals surface area contributed by atoms with Gasteiger partial charge in [-0.15, -0.1) is 0 Å². The Balaban J connectivity index is 1.62. The maximum atomic E-state index is 11.6. The van der Waals surface area contributed by atoms with Crippen molar-refractivity contribution in [3.8, 4) is 0 Å². The molecule has 0 saturated carbocycles. The molecule has 2 rings (SSSR count). The van der Waals surface area contributed by atoms with Crippen LogP contribution in [0.4, 0.5) is 0 Å². The van der Waals surface area contributed by atoms with E-state index in [4.69, 9.17) is 4.74 Å². The maximum absolute atomic E-state index is 11.6. The summed E-state index contributed by atoms with van der Waals surface area (Å²) >= 11 is 0. The molecule has 1 aliphatic rings. The van der Waals surface area contributed by atoms with Crippen molar-refractivity contribution in [1.29, 1.82) is 0 Å². The van der Waals surface area contributed by atoms with Crippen LogP contribution in [-0.4, -0.2) is 31.0 Å². The van der Waals surface area contributed by atoms with E-state index in [1.807, 2.05) is 31.2 Å². The van der Waals surface area contributed by atoms with Crippen molar-refractivity contribution in [2.24, 2.45) is 5.92 Å². The Kier molecular flexibility index (Phi) is 7.00. The summed E-state index contributed by atoms with van der Waals surface area (Å²) in [7, 11) is 0. The molecule has 0 radical (unpaired) electrons. The van der Waals surface area contributed by atoms with E-state index in [0.29, 0.717) is 12.5 Å². The molecule has 2 amide bonds. The fourth-order valence-corrected chi connectivity index (χ4v) is 2.67. The van der Waals surface area contributed by atoms with Crippen LogP contribution in [0.25, 0.3) is 0 Å². The van der Waals surface area contributed by atoms with Gasteiger partial charge in [-0.2, -0.15) is 0 Å². The van der Waals surface area contributed by atoms with Crippen LogP contribution in [0.2, 0.25) is 0 Å². The van der Waals surface area contributed by atoms with Crippen molar-refractivity contribution in [2.75, 3.05) is 13.1 Å². The molecule has 1 fully saturated rings. The maximum Gasteiger partial charge on any atom is 0.244 e. The van der Waals surface area contributed by atoms with Crippen LogP contribution in [0, 0.1) is 5.92 Å². The van der Waals surface area contributed by atoms with E-state index in [1.165, 1.54) is 11.6 Å². The number of benzene rings is 1. The third-order valence-corrected chi connectivity index (χ3v) is 4.07. The lowest BCUT2D eigenvalue weighted by Crippen LogP contribution is -2.36. The summed E-state index contributed by atoms with van der Waals surface area (Å²) in [5.41, 5.74) is 1.23. The molecule has 1 heterocycles. The average molecular weight is 330 g/mol. The van der Waals surface area contributed by atoms with Gasteiger partial charge in [-0.3, -0.25) is 9.59 Å². The number of nitrogens with one attached hydrogen (secondary N) is 2. The predicted octanol–water partition coefficient (Wildman–Crippen LogP) is 2.35. The fourth-order valence-electron chi connectivity index (χ4n) is 2.67. The third kappa shape index (κ3) is 5.81. The first-order valence-electron chi connectivity index (χ1n) is 8.53. The van der Waals surface area contributed by atoms with Crippen LogP contribution in [0.5, 0.6) is 0 Å². The van der Waals surface area contributed by atoms with Crippen molar-refractivity contribution in [2.45, 2.75) is 38.9 Å². The highest BCUT2D eigenvalue weighted by molar-refractivity contribution is 5.91. The Morgan fingerprint density at radius 1 is 1.25 bits per heavy atom. The molecule has 1 saturated heterocycles. The molecule has 0 bridgehead atoms. The second kappa shape index (κ2) is 9.23. The minimum atomic E-state index is -0.237. The van der Waals surface area contributed by atoms with Gasteiger partial charge in [-0.05, 0) is 37.3 Å². The van der Waals surface area contributed by atoms with Gasteiger partial charge in [0, 0.05) is 6.54 Å². The van der Waals surface area contributed by atoms with Gasteiger partial charge in [-0.25, -0.2) is 0 Å². The van der Waals surface area contributed by atoms with Crippen LogP contribution in [0.1, 0.15) is 38.4 Å². The minimum Gasteiger partial charge on any atom is -0.364 e. The summed E-state index contributed by atoms with van der Waals surface area (Å²) in [5.74, 6) is 0.0303. The number of hydrogen-bond acceptors (Lipinski definition) is 3. The van der Waals surface area contributed by atoms with Crippen LogP contribution in [-0.2, 0) is 14.3 Å². The predicted molar refractivity (Wildman–Crippen MR) is 93.3 cm³/mol.